The van der Waals surface area contributed by atoms with E-state index in [0.29, 0.717) is 0 Å². The topological polar surface area (TPSA) is 78.4 Å². The average Bonchev–Trinajstić information content (AvgIpc) is 2.35. The van der Waals surface area contributed by atoms with E-state index in [1.165, 1.54) is 0 Å². The lowest BCUT2D eigenvalue weighted by Gasteiger charge is -2.16. The second kappa shape index (κ2) is 6.78. The summed E-state index contributed by atoms with van der Waals surface area (Å²) in [6.07, 6.45) is -4.90. The average molecular weight is 290 g/mol. The van der Waals surface area contributed by atoms with Crippen LogP contribution in [0.4, 0.5) is 18.0 Å². The number of carbonyl (C=O) groups is 2. The lowest BCUT2D eigenvalue weighted by molar-refractivity contribution is -0.191. The SMILES string of the molecule is O=C(NCc1ccccc1)NCC(C(=O)O)C(F)(F)F. The molecule has 0 aromatic heterocycles. The van der Waals surface area contributed by atoms with Gasteiger partial charge >= 0.3 is 18.2 Å². The molecule has 2 amide bonds. The van der Waals surface area contributed by atoms with Crippen LogP contribution in [0.3, 0.4) is 0 Å². The first kappa shape index (κ1) is 15.8. The lowest BCUT2D eigenvalue weighted by Crippen LogP contribution is -2.44. The highest BCUT2D eigenvalue weighted by molar-refractivity contribution is 5.76. The Morgan fingerprint density at radius 3 is 2.25 bits per heavy atom. The van der Waals surface area contributed by atoms with Crippen LogP contribution >= 0.6 is 0 Å². The van der Waals surface area contributed by atoms with Crippen molar-refractivity contribution in [1.82, 2.24) is 10.6 Å². The number of carboxylic acids is 1. The maximum atomic E-state index is 12.3. The van der Waals surface area contributed by atoms with Gasteiger partial charge in [0.25, 0.3) is 0 Å². The van der Waals surface area contributed by atoms with Gasteiger partial charge in [-0.05, 0) is 5.56 Å². The minimum atomic E-state index is -4.90. The maximum Gasteiger partial charge on any atom is 0.403 e. The summed E-state index contributed by atoms with van der Waals surface area (Å²) in [7, 11) is 0. The van der Waals surface area contributed by atoms with Crippen molar-refractivity contribution in [3.05, 3.63) is 35.9 Å². The first-order chi connectivity index (χ1) is 9.30. The summed E-state index contributed by atoms with van der Waals surface area (Å²) in [4.78, 5) is 21.7. The van der Waals surface area contributed by atoms with Gasteiger partial charge in [-0.3, -0.25) is 4.79 Å². The minimum Gasteiger partial charge on any atom is -0.481 e. The van der Waals surface area contributed by atoms with E-state index in [1.54, 1.807) is 30.3 Å². The third-order valence-electron chi connectivity index (χ3n) is 2.46. The summed E-state index contributed by atoms with van der Waals surface area (Å²) < 4.78 is 37.0. The number of urea groups is 1. The fraction of sp³-hybridized carbons (Fsp3) is 0.333. The maximum absolute atomic E-state index is 12.3. The molecule has 0 aliphatic carbocycles. The van der Waals surface area contributed by atoms with Gasteiger partial charge in [-0.25, -0.2) is 4.79 Å². The van der Waals surface area contributed by atoms with Crippen LogP contribution in [0.2, 0.25) is 0 Å². The van der Waals surface area contributed by atoms with Crippen molar-refractivity contribution in [2.45, 2.75) is 12.7 Å². The molecular weight excluding hydrogens is 277 g/mol. The summed E-state index contributed by atoms with van der Waals surface area (Å²) in [5.41, 5.74) is 0.772. The molecule has 5 nitrogen and oxygen atoms in total. The zero-order valence-electron chi connectivity index (χ0n) is 10.3. The van der Waals surface area contributed by atoms with Crippen LogP contribution in [0, 0.1) is 5.92 Å². The predicted octanol–water partition coefficient (Wildman–Crippen LogP) is 1.75. The number of amides is 2. The van der Waals surface area contributed by atoms with Gasteiger partial charge in [0.05, 0.1) is 0 Å². The molecule has 8 heteroatoms. The monoisotopic (exact) mass is 290 g/mol. The third kappa shape index (κ3) is 5.17. The molecule has 0 saturated heterocycles. The van der Waals surface area contributed by atoms with E-state index in [2.05, 4.69) is 5.32 Å². The Morgan fingerprint density at radius 1 is 1.15 bits per heavy atom. The molecule has 1 unspecified atom stereocenters. The summed E-state index contributed by atoms with van der Waals surface area (Å²) in [5, 5.41) is 12.7. The van der Waals surface area contributed by atoms with E-state index >= 15 is 0 Å². The number of carbonyl (C=O) groups excluding carboxylic acids is 1. The number of hydrogen-bond acceptors (Lipinski definition) is 2. The van der Waals surface area contributed by atoms with Crippen molar-refractivity contribution in [3.63, 3.8) is 0 Å². The van der Waals surface area contributed by atoms with Crippen LogP contribution in [0.1, 0.15) is 5.56 Å². The Morgan fingerprint density at radius 2 is 1.75 bits per heavy atom. The van der Waals surface area contributed by atoms with Crippen molar-refractivity contribution >= 4 is 12.0 Å². The second-order valence-electron chi connectivity index (χ2n) is 3.98. The Balaban J connectivity index is 2.41. The third-order valence-corrected chi connectivity index (χ3v) is 2.46. The van der Waals surface area contributed by atoms with E-state index in [0.717, 1.165) is 5.56 Å². The second-order valence-corrected chi connectivity index (χ2v) is 3.98. The normalized spacial score (nSPS) is 12.6. The molecule has 0 fully saturated rings. The first-order valence-electron chi connectivity index (χ1n) is 5.66. The van der Waals surface area contributed by atoms with Gasteiger partial charge in [0, 0.05) is 13.1 Å². The van der Waals surface area contributed by atoms with Crippen LogP contribution < -0.4 is 10.6 Å². The molecule has 0 saturated carbocycles. The van der Waals surface area contributed by atoms with Crippen molar-refractivity contribution in [1.29, 1.82) is 0 Å². The largest absolute Gasteiger partial charge is 0.481 e. The predicted molar refractivity (Wildman–Crippen MR) is 63.9 cm³/mol. The molecule has 1 atom stereocenters. The van der Waals surface area contributed by atoms with Gasteiger partial charge < -0.3 is 15.7 Å². The number of hydrogen-bond donors (Lipinski definition) is 3. The van der Waals surface area contributed by atoms with E-state index in [-0.39, 0.29) is 6.54 Å². The quantitative estimate of drug-likeness (QED) is 0.773. The smallest absolute Gasteiger partial charge is 0.403 e. The summed E-state index contributed by atoms with van der Waals surface area (Å²) in [6.45, 7) is -0.879. The Labute approximate surface area is 112 Å². The molecule has 0 heterocycles. The molecular formula is C12H13F3N2O3. The highest BCUT2D eigenvalue weighted by atomic mass is 19.4. The van der Waals surface area contributed by atoms with Gasteiger partial charge in [-0.2, -0.15) is 13.2 Å². The van der Waals surface area contributed by atoms with Crippen LogP contribution in [0.25, 0.3) is 0 Å². The van der Waals surface area contributed by atoms with Crippen LogP contribution in [-0.4, -0.2) is 29.8 Å². The Kier molecular flexibility index (Phi) is 5.36. The number of aliphatic carboxylic acids is 1. The molecule has 110 valence electrons. The zero-order chi connectivity index (χ0) is 15.2. The van der Waals surface area contributed by atoms with Crippen molar-refractivity contribution in [2.24, 2.45) is 5.92 Å². The number of halogens is 3. The van der Waals surface area contributed by atoms with Gasteiger partial charge in [-0.1, -0.05) is 30.3 Å². The molecule has 0 spiro atoms. The summed E-state index contributed by atoms with van der Waals surface area (Å²) >= 11 is 0. The number of alkyl halides is 3. The van der Waals surface area contributed by atoms with E-state index in [1.807, 2.05) is 5.32 Å². The molecule has 20 heavy (non-hydrogen) atoms. The molecule has 0 aliphatic rings. The van der Waals surface area contributed by atoms with Gasteiger partial charge in [-0.15, -0.1) is 0 Å². The fourth-order valence-corrected chi connectivity index (χ4v) is 1.38. The number of nitrogens with one attached hydrogen (secondary N) is 2. The number of carboxylic acid groups (broad SMARTS) is 1. The molecule has 0 aliphatic heterocycles. The fourth-order valence-electron chi connectivity index (χ4n) is 1.38. The molecule has 3 N–H and O–H groups in total. The standard InChI is InChI=1S/C12H13F3N2O3/c13-12(14,15)9(10(18)19)7-17-11(20)16-6-8-4-2-1-3-5-8/h1-5,9H,6-7H2,(H,18,19)(H2,16,17,20). The van der Waals surface area contributed by atoms with Crippen molar-refractivity contribution in [2.75, 3.05) is 6.54 Å². The van der Waals surface area contributed by atoms with Crippen LogP contribution in [-0.2, 0) is 11.3 Å². The molecule has 0 bridgehead atoms. The highest BCUT2D eigenvalue weighted by Crippen LogP contribution is 2.25. The molecule has 1 aromatic rings. The van der Waals surface area contributed by atoms with E-state index < -0.39 is 30.6 Å². The Hall–Kier alpha value is -2.25. The van der Waals surface area contributed by atoms with E-state index in [9.17, 15) is 22.8 Å². The van der Waals surface area contributed by atoms with Gasteiger partial charge in [0.1, 0.15) is 0 Å². The van der Waals surface area contributed by atoms with E-state index in [4.69, 9.17) is 5.11 Å². The first-order valence-corrected chi connectivity index (χ1v) is 5.66. The van der Waals surface area contributed by atoms with Gasteiger partial charge in [0.2, 0.25) is 0 Å². The highest BCUT2D eigenvalue weighted by Gasteiger charge is 2.45. The zero-order valence-corrected chi connectivity index (χ0v) is 10.3. The number of benzene rings is 1. The van der Waals surface area contributed by atoms with Crippen molar-refractivity contribution in [3.8, 4) is 0 Å². The summed E-state index contributed by atoms with van der Waals surface area (Å²) in [6, 6.07) is 7.89. The van der Waals surface area contributed by atoms with Crippen LogP contribution in [0.15, 0.2) is 30.3 Å². The van der Waals surface area contributed by atoms with Crippen molar-refractivity contribution < 1.29 is 27.9 Å². The minimum absolute atomic E-state index is 0.135. The van der Waals surface area contributed by atoms with Gasteiger partial charge in [0.15, 0.2) is 5.92 Å². The molecule has 1 rings (SSSR count). The Bertz CT molecular complexity index is 463. The van der Waals surface area contributed by atoms with Crippen LogP contribution in [0.5, 0.6) is 0 Å². The molecule has 0 radical (unpaired) electrons. The lowest BCUT2D eigenvalue weighted by atomic mass is 10.1. The number of rotatable bonds is 5. The summed E-state index contributed by atoms with van der Waals surface area (Å²) in [5.74, 6) is -4.65. The molecule has 1 aromatic carbocycles.